The highest BCUT2D eigenvalue weighted by atomic mass is 15.2. The van der Waals surface area contributed by atoms with Crippen molar-refractivity contribution in [3.8, 4) is 0 Å². The Morgan fingerprint density at radius 3 is 2.27 bits per heavy atom. The van der Waals surface area contributed by atoms with Crippen LogP contribution in [0.3, 0.4) is 0 Å². The van der Waals surface area contributed by atoms with Crippen LogP contribution in [-0.2, 0) is 0 Å². The first-order chi connectivity index (χ1) is 6.87. The highest BCUT2D eigenvalue weighted by molar-refractivity contribution is 5.58. The van der Waals surface area contributed by atoms with Crippen molar-refractivity contribution in [3.05, 3.63) is 24.3 Å². The zero-order valence-electron chi connectivity index (χ0n) is 10.5. The van der Waals surface area contributed by atoms with Gasteiger partial charge in [0.25, 0.3) is 0 Å². The number of rotatable bonds is 1. The fourth-order valence-electron chi connectivity index (χ4n) is 1.58. The van der Waals surface area contributed by atoms with E-state index in [2.05, 4.69) is 68.8 Å². The SMILES string of the molecule is CCN1/C=N\C(C)(C)/C=C\C=C/C1(C)C. The molecule has 0 saturated carbocycles. The van der Waals surface area contributed by atoms with E-state index in [9.17, 15) is 0 Å². The van der Waals surface area contributed by atoms with Crippen molar-refractivity contribution >= 4 is 6.34 Å². The van der Waals surface area contributed by atoms with Gasteiger partial charge in [0.1, 0.15) is 0 Å². The highest BCUT2D eigenvalue weighted by Gasteiger charge is 2.21. The minimum absolute atomic E-state index is 0.0308. The van der Waals surface area contributed by atoms with Gasteiger partial charge < -0.3 is 4.90 Å². The van der Waals surface area contributed by atoms with E-state index < -0.39 is 0 Å². The van der Waals surface area contributed by atoms with Crippen LogP contribution < -0.4 is 0 Å². The molecule has 0 unspecified atom stereocenters. The Labute approximate surface area is 93.4 Å². The average Bonchev–Trinajstić information content (AvgIpc) is 2.16. The van der Waals surface area contributed by atoms with Crippen LogP contribution in [0.15, 0.2) is 29.3 Å². The fourth-order valence-corrected chi connectivity index (χ4v) is 1.58. The summed E-state index contributed by atoms with van der Waals surface area (Å²) in [5.74, 6) is 0. The third-order valence-corrected chi connectivity index (χ3v) is 2.73. The van der Waals surface area contributed by atoms with Gasteiger partial charge in [-0.15, -0.1) is 0 Å². The van der Waals surface area contributed by atoms with Crippen molar-refractivity contribution < 1.29 is 0 Å². The molecule has 1 aliphatic rings. The molecule has 2 nitrogen and oxygen atoms in total. The molecule has 15 heavy (non-hydrogen) atoms. The van der Waals surface area contributed by atoms with Crippen LogP contribution in [-0.4, -0.2) is 28.9 Å². The van der Waals surface area contributed by atoms with Gasteiger partial charge in [-0.25, -0.2) is 0 Å². The first-order valence-corrected chi connectivity index (χ1v) is 5.56. The van der Waals surface area contributed by atoms with Gasteiger partial charge in [-0.1, -0.05) is 24.3 Å². The molecule has 1 rings (SSSR count). The quantitative estimate of drug-likeness (QED) is 0.644. The number of hydrogen-bond donors (Lipinski definition) is 0. The zero-order valence-corrected chi connectivity index (χ0v) is 10.5. The maximum atomic E-state index is 4.60. The Balaban J connectivity index is 3.04. The third kappa shape index (κ3) is 3.22. The van der Waals surface area contributed by atoms with Crippen molar-refractivity contribution in [2.24, 2.45) is 4.99 Å². The topological polar surface area (TPSA) is 15.6 Å². The molecular weight excluding hydrogens is 184 g/mol. The van der Waals surface area contributed by atoms with E-state index in [1.807, 2.05) is 6.34 Å². The summed E-state index contributed by atoms with van der Waals surface area (Å²) >= 11 is 0. The van der Waals surface area contributed by atoms with Crippen LogP contribution in [0.5, 0.6) is 0 Å². The van der Waals surface area contributed by atoms with Crippen LogP contribution in [0.4, 0.5) is 0 Å². The zero-order chi connectivity index (χ0) is 11.5. The Morgan fingerprint density at radius 1 is 1.07 bits per heavy atom. The largest absolute Gasteiger partial charge is 0.355 e. The Hall–Kier alpha value is -1.05. The molecule has 0 radical (unpaired) electrons. The smallest absolute Gasteiger partial charge is 0.0867 e. The van der Waals surface area contributed by atoms with Gasteiger partial charge >= 0.3 is 0 Å². The van der Waals surface area contributed by atoms with Crippen molar-refractivity contribution in [1.29, 1.82) is 0 Å². The Bertz CT molecular complexity index is 296. The number of allylic oxidation sites excluding steroid dienone is 2. The molecule has 0 bridgehead atoms. The molecule has 0 aliphatic carbocycles. The summed E-state index contributed by atoms with van der Waals surface area (Å²) in [5.41, 5.74) is -0.0822. The summed E-state index contributed by atoms with van der Waals surface area (Å²) in [6.45, 7) is 11.7. The molecule has 0 fully saturated rings. The molecule has 0 saturated heterocycles. The van der Waals surface area contributed by atoms with Crippen LogP contribution >= 0.6 is 0 Å². The summed E-state index contributed by atoms with van der Waals surface area (Å²) in [6, 6.07) is 0. The molecule has 0 atom stereocenters. The maximum Gasteiger partial charge on any atom is 0.0867 e. The minimum atomic E-state index is -0.113. The predicted octanol–water partition coefficient (Wildman–Crippen LogP) is 3.02. The first-order valence-electron chi connectivity index (χ1n) is 5.56. The maximum absolute atomic E-state index is 4.60. The van der Waals surface area contributed by atoms with Gasteiger partial charge in [-0.2, -0.15) is 0 Å². The summed E-state index contributed by atoms with van der Waals surface area (Å²) in [5, 5.41) is 0. The number of likely N-dealkylation sites (N-methyl/N-ethyl adjacent to an activating group) is 1. The molecule has 1 heterocycles. The highest BCUT2D eigenvalue weighted by Crippen LogP contribution is 2.18. The third-order valence-electron chi connectivity index (χ3n) is 2.73. The predicted molar refractivity (Wildman–Crippen MR) is 67.3 cm³/mol. The number of hydrogen-bond acceptors (Lipinski definition) is 2. The molecule has 84 valence electrons. The lowest BCUT2D eigenvalue weighted by atomic mass is 10.0. The van der Waals surface area contributed by atoms with Crippen molar-refractivity contribution in [2.75, 3.05) is 6.54 Å². The molecular formula is C13H22N2. The van der Waals surface area contributed by atoms with Gasteiger partial charge in [0.05, 0.1) is 17.4 Å². The van der Waals surface area contributed by atoms with Crippen LogP contribution in [0.25, 0.3) is 0 Å². The molecule has 0 N–H and O–H groups in total. The van der Waals surface area contributed by atoms with E-state index >= 15 is 0 Å². The van der Waals surface area contributed by atoms with Crippen LogP contribution in [0.2, 0.25) is 0 Å². The van der Waals surface area contributed by atoms with Crippen LogP contribution in [0.1, 0.15) is 34.6 Å². The lowest BCUT2D eigenvalue weighted by Crippen LogP contribution is -2.41. The second-order valence-electron chi connectivity index (χ2n) is 5.06. The van der Waals surface area contributed by atoms with E-state index in [4.69, 9.17) is 0 Å². The number of aliphatic imine (C=N–C) groups is 1. The molecule has 0 aromatic heterocycles. The monoisotopic (exact) mass is 206 g/mol. The van der Waals surface area contributed by atoms with Crippen molar-refractivity contribution in [2.45, 2.75) is 45.7 Å². The van der Waals surface area contributed by atoms with Gasteiger partial charge in [-0.05, 0) is 34.6 Å². The molecule has 0 aromatic rings. The van der Waals surface area contributed by atoms with E-state index in [1.165, 1.54) is 0 Å². The van der Waals surface area contributed by atoms with E-state index in [0.717, 1.165) is 6.54 Å². The number of nitrogens with zero attached hydrogens (tertiary/aromatic N) is 2. The Kier molecular flexibility index (Phi) is 3.38. The molecule has 0 amide bonds. The van der Waals surface area contributed by atoms with Crippen LogP contribution in [0, 0.1) is 0 Å². The molecule has 1 aliphatic heterocycles. The van der Waals surface area contributed by atoms with E-state index in [-0.39, 0.29) is 11.1 Å². The van der Waals surface area contributed by atoms with E-state index in [1.54, 1.807) is 0 Å². The van der Waals surface area contributed by atoms with Gasteiger partial charge in [0.15, 0.2) is 0 Å². The lowest BCUT2D eigenvalue weighted by molar-refractivity contribution is 0.289. The average molecular weight is 206 g/mol. The summed E-state index contributed by atoms with van der Waals surface area (Å²) in [7, 11) is 0. The van der Waals surface area contributed by atoms with Gasteiger partial charge in [-0.3, -0.25) is 4.99 Å². The Morgan fingerprint density at radius 2 is 1.67 bits per heavy atom. The van der Waals surface area contributed by atoms with Gasteiger partial charge in [0.2, 0.25) is 0 Å². The lowest BCUT2D eigenvalue weighted by Gasteiger charge is -2.34. The molecule has 0 aromatic carbocycles. The van der Waals surface area contributed by atoms with Crippen molar-refractivity contribution in [3.63, 3.8) is 0 Å². The summed E-state index contributed by atoms with van der Waals surface area (Å²) in [4.78, 5) is 6.85. The van der Waals surface area contributed by atoms with Crippen molar-refractivity contribution in [1.82, 2.24) is 4.90 Å². The molecule has 0 spiro atoms. The minimum Gasteiger partial charge on any atom is -0.355 e. The fraction of sp³-hybridized carbons (Fsp3) is 0.615. The molecule has 2 heteroatoms. The summed E-state index contributed by atoms with van der Waals surface area (Å²) < 4.78 is 0. The standard InChI is InChI=1S/C13H22N2/c1-6-15-11-14-12(2,3)9-7-8-10-13(15,4)5/h7-11H,6H2,1-5H3/b9-7-,10-8-,14-11-. The second kappa shape index (κ2) is 4.21. The first kappa shape index (κ1) is 12.0. The normalized spacial score (nSPS) is 29.8. The summed E-state index contributed by atoms with van der Waals surface area (Å²) in [6.07, 6.45) is 10.5. The van der Waals surface area contributed by atoms with Gasteiger partial charge in [0, 0.05) is 6.54 Å². The second-order valence-corrected chi connectivity index (χ2v) is 5.06. The van der Waals surface area contributed by atoms with E-state index in [0.29, 0.717) is 0 Å².